The molecule has 1 aromatic rings. The summed E-state index contributed by atoms with van der Waals surface area (Å²) in [4.78, 5) is 11.9. The Labute approximate surface area is 116 Å². The fourth-order valence-electron chi connectivity index (χ4n) is 2.49. The fourth-order valence-corrected chi connectivity index (χ4v) is 3.23. The van der Waals surface area contributed by atoms with E-state index < -0.39 is 0 Å². The molecule has 0 atom stereocenters. The predicted octanol–water partition coefficient (Wildman–Crippen LogP) is 4.79. The highest BCUT2D eigenvalue weighted by Crippen LogP contribution is 2.29. The van der Waals surface area contributed by atoms with Crippen molar-refractivity contribution in [1.29, 1.82) is 0 Å². The summed E-state index contributed by atoms with van der Waals surface area (Å²) >= 11 is 9.47. The number of hydrogen-bond acceptors (Lipinski definition) is 1. The molecule has 0 saturated heterocycles. The highest BCUT2D eigenvalue weighted by molar-refractivity contribution is 9.10. The Bertz CT molecular complexity index is 411. The van der Waals surface area contributed by atoms with Crippen LogP contribution in [0.4, 0.5) is 0 Å². The Morgan fingerprint density at radius 2 is 2.06 bits per heavy atom. The molecule has 1 saturated carbocycles. The maximum atomic E-state index is 11.9. The first-order valence-corrected chi connectivity index (χ1v) is 7.28. The molecule has 0 radical (unpaired) electrons. The molecule has 1 aliphatic carbocycles. The van der Waals surface area contributed by atoms with Gasteiger partial charge in [0.15, 0.2) is 0 Å². The van der Waals surface area contributed by atoms with Crippen LogP contribution in [0.15, 0.2) is 22.7 Å². The van der Waals surface area contributed by atoms with Crippen molar-refractivity contribution in [3.8, 4) is 0 Å². The molecule has 0 spiro atoms. The number of carbonyl (C=O) groups excluding carboxylic acids is 1. The molecule has 0 unspecified atom stereocenters. The Kier molecular flexibility index (Phi) is 4.63. The zero-order valence-corrected chi connectivity index (χ0v) is 12.1. The van der Waals surface area contributed by atoms with Gasteiger partial charge in [0.1, 0.15) is 5.78 Å². The van der Waals surface area contributed by atoms with E-state index in [1.54, 1.807) is 0 Å². The van der Waals surface area contributed by atoms with E-state index in [-0.39, 0.29) is 0 Å². The van der Waals surface area contributed by atoms with Gasteiger partial charge in [-0.3, -0.25) is 4.79 Å². The molecule has 0 amide bonds. The van der Waals surface area contributed by atoms with Gasteiger partial charge < -0.3 is 0 Å². The summed E-state index contributed by atoms with van der Waals surface area (Å²) in [5.41, 5.74) is 0.942. The minimum Gasteiger partial charge on any atom is -0.299 e. The first-order chi connectivity index (χ1) is 8.15. The van der Waals surface area contributed by atoms with Gasteiger partial charge in [-0.15, -0.1) is 0 Å². The van der Waals surface area contributed by atoms with Crippen LogP contribution in [0.5, 0.6) is 0 Å². The summed E-state index contributed by atoms with van der Waals surface area (Å²) in [5, 5.41) is 0.680. The quantitative estimate of drug-likeness (QED) is 0.780. The maximum Gasteiger partial charge on any atom is 0.137 e. The first kappa shape index (κ1) is 13.1. The SMILES string of the molecule is O=C(Cc1ccc(Br)cc1Cl)CC1CCCC1. The Hall–Kier alpha value is -0.340. The third-order valence-corrected chi connectivity index (χ3v) is 4.24. The van der Waals surface area contributed by atoms with Gasteiger partial charge in [-0.2, -0.15) is 0 Å². The Morgan fingerprint density at radius 3 is 2.71 bits per heavy atom. The molecule has 0 heterocycles. The van der Waals surface area contributed by atoms with Crippen molar-refractivity contribution in [1.82, 2.24) is 0 Å². The highest BCUT2D eigenvalue weighted by atomic mass is 79.9. The summed E-state index contributed by atoms with van der Waals surface area (Å²) in [7, 11) is 0. The van der Waals surface area contributed by atoms with Crippen LogP contribution < -0.4 is 0 Å². The van der Waals surface area contributed by atoms with Gasteiger partial charge in [-0.25, -0.2) is 0 Å². The zero-order chi connectivity index (χ0) is 12.3. The van der Waals surface area contributed by atoms with Crippen LogP contribution in [-0.2, 0) is 11.2 Å². The van der Waals surface area contributed by atoms with E-state index in [1.165, 1.54) is 25.7 Å². The minimum atomic E-state index is 0.320. The Morgan fingerprint density at radius 1 is 1.35 bits per heavy atom. The van der Waals surface area contributed by atoms with Crippen LogP contribution in [0, 0.1) is 5.92 Å². The van der Waals surface area contributed by atoms with Gasteiger partial charge in [-0.05, 0) is 23.6 Å². The van der Waals surface area contributed by atoms with Crippen LogP contribution in [0.3, 0.4) is 0 Å². The number of ketones is 1. The molecule has 0 N–H and O–H groups in total. The highest BCUT2D eigenvalue weighted by Gasteiger charge is 2.18. The van der Waals surface area contributed by atoms with Crippen LogP contribution in [0.25, 0.3) is 0 Å². The maximum absolute atomic E-state index is 11.9. The summed E-state index contributed by atoms with van der Waals surface area (Å²) < 4.78 is 0.953. The zero-order valence-electron chi connectivity index (χ0n) is 9.72. The van der Waals surface area contributed by atoms with Gasteiger partial charge in [-0.1, -0.05) is 59.3 Å². The van der Waals surface area contributed by atoms with E-state index in [2.05, 4.69) is 15.9 Å². The van der Waals surface area contributed by atoms with Crippen LogP contribution >= 0.6 is 27.5 Å². The van der Waals surface area contributed by atoms with E-state index in [0.29, 0.717) is 23.1 Å². The molecule has 92 valence electrons. The summed E-state index contributed by atoms with van der Waals surface area (Å²) in [5.74, 6) is 0.942. The van der Waals surface area contributed by atoms with Crippen molar-refractivity contribution >= 4 is 33.3 Å². The molecule has 1 fully saturated rings. The van der Waals surface area contributed by atoms with E-state index >= 15 is 0 Å². The van der Waals surface area contributed by atoms with Crippen LogP contribution in [0.1, 0.15) is 37.7 Å². The third-order valence-electron chi connectivity index (χ3n) is 3.39. The van der Waals surface area contributed by atoms with Crippen molar-refractivity contribution in [3.63, 3.8) is 0 Å². The van der Waals surface area contributed by atoms with Gasteiger partial charge >= 0.3 is 0 Å². The van der Waals surface area contributed by atoms with Gasteiger partial charge in [0.05, 0.1) is 0 Å². The molecule has 0 aliphatic heterocycles. The fraction of sp³-hybridized carbons (Fsp3) is 0.500. The molecular formula is C14H16BrClO. The third kappa shape index (κ3) is 3.82. The number of Topliss-reactive ketones (excluding diaryl/α,β-unsaturated/α-hetero) is 1. The molecule has 3 heteroatoms. The largest absolute Gasteiger partial charge is 0.299 e. The summed E-state index contributed by atoms with van der Waals surface area (Å²) in [6.45, 7) is 0. The smallest absolute Gasteiger partial charge is 0.137 e. The van der Waals surface area contributed by atoms with Crippen LogP contribution in [-0.4, -0.2) is 5.78 Å². The molecule has 17 heavy (non-hydrogen) atoms. The molecule has 1 nitrogen and oxygen atoms in total. The van der Waals surface area contributed by atoms with Gasteiger partial charge in [0.25, 0.3) is 0 Å². The van der Waals surface area contributed by atoms with E-state index in [4.69, 9.17) is 11.6 Å². The second-order valence-corrected chi connectivity index (χ2v) is 6.13. The van der Waals surface area contributed by atoms with Crippen molar-refractivity contribution < 1.29 is 4.79 Å². The molecule has 0 aromatic heterocycles. The molecule has 2 rings (SSSR count). The van der Waals surface area contributed by atoms with Crippen molar-refractivity contribution in [3.05, 3.63) is 33.3 Å². The Balaban J connectivity index is 1.93. The number of benzene rings is 1. The van der Waals surface area contributed by atoms with Crippen molar-refractivity contribution in [2.45, 2.75) is 38.5 Å². The lowest BCUT2D eigenvalue weighted by atomic mass is 9.97. The summed E-state index contributed by atoms with van der Waals surface area (Å²) in [6.07, 6.45) is 6.22. The molecule has 0 bridgehead atoms. The number of halogens is 2. The number of hydrogen-bond donors (Lipinski definition) is 0. The molecule has 1 aliphatic rings. The lowest BCUT2D eigenvalue weighted by Crippen LogP contribution is -2.08. The number of rotatable bonds is 4. The van der Waals surface area contributed by atoms with E-state index in [9.17, 15) is 4.79 Å². The topological polar surface area (TPSA) is 17.1 Å². The second kappa shape index (κ2) is 6.01. The molecular weight excluding hydrogens is 300 g/mol. The van der Waals surface area contributed by atoms with Gasteiger partial charge in [0.2, 0.25) is 0 Å². The first-order valence-electron chi connectivity index (χ1n) is 6.11. The van der Waals surface area contributed by atoms with Gasteiger partial charge in [0, 0.05) is 22.3 Å². The average Bonchev–Trinajstić information content (AvgIpc) is 2.75. The summed E-state index contributed by atoms with van der Waals surface area (Å²) in [6, 6.07) is 5.71. The van der Waals surface area contributed by atoms with Crippen molar-refractivity contribution in [2.24, 2.45) is 5.92 Å². The predicted molar refractivity (Wildman–Crippen MR) is 74.4 cm³/mol. The lowest BCUT2D eigenvalue weighted by molar-refractivity contribution is -0.119. The lowest BCUT2D eigenvalue weighted by Gasteiger charge is -2.08. The molecule has 1 aromatic carbocycles. The average molecular weight is 316 g/mol. The van der Waals surface area contributed by atoms with E-state index in [0.717, 1.165) is 16.5 Å². The van der Waals surface area contributed by atoms with Crippen LogP contribution in [0.2, 0.25) is 5.02 Å². The number of carbonyl (C=O) groups is 1. The normalized spacial score (nSPS) is 16.4. The standard InChI is InChI=1S/C14H16BrClO/c15-12-6-5-11(14(16)9-12)8-13(17)7-10-3-1-2-4-10/h5-6,9-10H,1-4,7-8H2. The second-order valence-electron chi connectivity index (χ2n) is 4.81. The van der Waals surface area contributed by atoms with E-state index in [1.807, 2.05) is 18.2 Å². The van der Waals surface area contributed by atoms with Crippen molar-refractivity contribution in [2.75, 3.05) is 0 Å². The minimum absolute atomic E-state index is 0.320. The monoisotopic (exact) mass is 314 g/mol.